The average Bonchev–Trinajstić information content (AvgIpc) is 3.03. The van der Waals surface area contributed by atoms with E-state index in [0.29, 0.717) is 17.8 Å². The Morgan fingerprint density at radius 1 is 1.27 bits per heavy atom. The van der Waals surface area contributed by atoms with E-state index >= 15 is 0 Å². The van der Waals surface area contributed by atoms with E-state index < -0.39 is 0 Å². The van der Waals surface area contributed by atoms with Gasteiger partial charge in [0.1, 0.15) is 11.5 Å². The van der Waals surface area contributed by atoms with Gasteiger partial charge in [0.15, 0.2) is 0 Å². The smallest absolute Gasteiger partial charge is 0.124 e. The lowest BCUT2D eigenvalue weighted by Crippen LogP contribution is -2.28. The maximum Gasteiger partial charge on any atom is 0.124 e. The first-order chi connectivity index (χ1) is 7.33. The first-order valence-electron chi connectivity index (χ1n) is 5.55. The van der Waals surface area contributed by atoms with Crippen LogP contribution in [0.25, 0.3) is 0 Å². The fourth-order valence-electron chi connectivity index (χ4n) is 2.09. The Morgan fingerprint density at radius 2 is 2.13 bits per heavy atom. The average molecular weight is 205 g/mol. The van der Waals surface area contributed by atoms with Crippen molar-refractivity contribution in [3.63, 3.8) is 0 Å². The highest BCUT2D eigenvalue weighted by Gasteiger charge is 2.28. The summed E-state index contributed by atoms with van der Waals surface area (Å²) in [5, 5.41) is 13.1. The number of phenolic OH excluding ortho intramolecular Hbond substituents is 1. The van der Waals surface area contributed by atoms with E-state index in [1.807, 2.05) is 12.1 Å². The molecule has 1 fully saturated rings. The molecule has 1 aliphatic heterocycles. The number of fused-ring (bicyclic) bond motifs is 1. The first-order valence-corrected chi connectivity index (χ1v) is 5.55. The summed E-state index contributed by atoms with van der Waals surface area (Å²) < 4.78 is 5.56. The van der Waals surface area contributed by atoms with Gasteiger partial charge in [0.2, 0.25) is 0 Å². The van der Waals surface area contributed by atoms with Crippen molar-refractivity contribution in [1.82, 2.24) is 5.32 Å². The lowest BCUT2D eigenvalue weighted by Gasteiger charge is -2.26. The molecule has 3 rings (SSSR count). The maximum absolute atomic E-state index is 9.47. The van der Waals surface area contributed by atoms with Crippen LogP contribution in [0.1, 0.15) is 30.9 Å². The highest BCUT2D eigenvalue weighted by molar-refractivity contribution is 5.42. The van der Waals surface area contributed by atoms with E-state index in [1.165, 1.54) is 12.8 Å². The Kier molecular flexibility index (Phi) is 2.06. The second-order valence-corrected chi connectivity index (χ2v) is 4.35. The van der Waals surface area contributed by atoms with Crippen molar-refractivity contribution in [2.24, 2.45) is 0 Å². The number of ether oxygens (including phenoxy) is 1. The Hall–Kier alpha value is -1.22. The number of aromatic hydroxyl groups is 1. The van der Waals surface area contributed by atoms with Gasteiger partial charge in [-0.15, -0.1) is 0 Å². The molecule has 0 saturated heterocycles. The number of hydrogen-bond acceptors (Lipinski definition) is 3. The summed E-state index contributed by atoms with van der Waals surface area (Å²) in [7, 11) is 0. The molecule has 2 aliphatic rings. The van der Waals surface area contributed by atoms with Crippen molar-refractivity contribution < 1.29 is 9.84 Å². The zero-order valence-electron chi connectivity index (χ0n) is 8.57. The highest BCUT2D eigenvalue weighted by atomic mass is 16.5. The minimum absolute atomic E-state index is 0.321. The molecule has 0 amide bonds. The Bertz CT molecular complexity index is 374. The van der Waals surface area contributed by atoms with E-state index in [4.69, 9.17) is 4.74 Å². The van der Waals surface area contributed by atoms with Crippen LogP contribution in [-0.4, -0.2) is 17.8 Å². The van der Waals surface area contributed by atoms with Gasteiger partial charge in [0.25, 0.3) is 0 Å². The molecule has 0 radical (unpaired) electrons. The van der Waals surface area contributed by atoms with Crippen molar-refractivity contribution in [3.05, 3.63) is 23.8 Å². The second kappa shape index (κ2) is 3.42. The summed E-state index contributed by atoms with van der Waals surface area (Å²) >= 11 is 0. The molecule has 0 aromatic heterocycles. The Balaban J connectivity index is 1.89. The Morgan fingerprint density at radius 3 is 2.93 bits per heavy atom. The molecule has 1 aromatic rings. The molecular formula is C12H15NO2. The molecule has 0 bridgehead atoms. The van der Waals surface area contributed by atoms with Gasteiger partial charge in [-0.2, -0.15) is 0 Å². The van der Waals surface area contributed by atoms with Gasteiger partial charge >= 0.3 is 0 Å². The molecule has 3 nitrogen and oxygen atoms in total. The van der Waals surface area contributed by atoms with E-state index in [-0.39, 0.29) is 0 Å². The van der Waals surface area contributed by atoms with E-state index in [0.717, 1.165) is 24.3 Å². The largest absolute Gasteiger partial charge is 0.508 e. The van der Waals surface area contributed by atoms with Crippen molar-refractivity contribution in [2.45, 2.75) is 31.3 Å². The molecule has 15 heavy (non-hydrogen) atoms. The SMILES string of the molecule is Oc1ccc2c(c1)C(NC1CC1)CCO2. The van der Waals surface area contributed by atoms with Crippen LogP contribution in [0.4, 0.5) is 0 Å². The molecule has 1 heterocycles. The zero-order valence-corrected chi connectivity index (χ0v) is 8.57. The predicted octanol–water partition coefficient (Wildman–Crippen LogP) is 1.97. The topological polar surface area (TPSA) is 41.5 Å². The van der Waals surface area contributed by atoms with Crippen LogP contribution in [0.15, 0.2) is 18.2 Å². The third-order valence-corrected chi connectivity index (χ3v) is 3.05. The van der Waals surface area contributed by atoms with E-state index in [9.17, 15) is 5.11 Å². The van der Waals surface area contributed by atoms with Crippen LogP contribution in [0.5, 0.6) is 11.5 Å². The number of hydrogen-bond donors (Lipinski definition) is 2. The molecule has 0 spiro atoms. The standard InChI is InChI=1S/C12H15NO2/c14-9-3-4-12-10(7-9)11(5-6-15-12)13-8-1-2-8/h3-4,7-8,11,13-14H,1-2,5-6H2. The molecular weight excluding hydrogens is 190 g/mol. The van der Waals surface area contributed by atoms with Gasteiger partial charge < -0.3 is 15.2 Å². The molecule has 1 aromatic carbocycles. The summed E-state index contributed by atoms with van der Waals surface area (Å²) in [6.07, 6.45) is 3.56. The second-order valence-electron chi connectivity index (χ2n) is 4.35. The summed E-state index contributed by atoms with van der Waals surface area (Å²) in [6.45, 7) is 0.766. The van der Waals surface area contributed by atoms with Crippen LogP contribution in [0.2, 0.25) is 0 Å². The monoisotopic (exact) mass is 205 g/mol. The van der Waals surface area contributed by atoms with Gasteiger partial charge in [-0.05, 0) is 31.0 Å². The fraction of sp³-hybridized carbons (Fsp3) is 0.500. The fourth-order valence-corrected chi connectivity index (χ4v) is 2.09. The molecule has 80 valence electrons. The minimum Gasteiger partial charge on any atom is -0.508 e. The first kappa shape index (κ1) is 9.04. The number of benzene rings is 1. The van der Waals surface area contributed by atoms with Gasteiger partial charge in [0.05, 0.1) is 6.61 Å². The van der Waals surface area contributed by atoms with Crippen LogP contribution in [0, 0.1) is 0 Å². The zero-order chi connectivity index (χ0) is 10.3. The maximum atomic E-state index is 9.47. The lowest BCUT2D eigenvalue weighted by atomic mass is 10.00. The normalized spacial score (nSPS) is 24.4. The number of phenols is 1. The van der Waals surface area contributed by atoms with Crippen LogP contribution >= 0.6 is 0 Å². The van der Waals surface area contributed by atoms with Gasteiger partial charge in [0, 0.05) is 24.1 Å². The van der Waals surface area contributed by atoms with Crippen LogP contribution in [0.3, 0.4) is 0 Å². The van der Waals surface area contributed by atoms with Crippen molar-refractivity contribution in [1.29, 1.82) is 0 Å². The number of nitrogens with one attached hydrogen (secondary N) is 1. The molecule has 1 atom stereocenters. The predicted molar refractivity (Wildman–Crippen MR) is 57.1 cm³/mol. The molecule has 2 N–H and O–H groups in total. The summed E-state index contributed by atoms with van der Waals surface area (Å²) in [4.78, 5) is 0. The van der Waals surface area contributed by atoms with Gasteiger partial charge in [-0.1, -0.05) is 0 Å². The van der Waals surface area contributed by atoms with Crippen molar-refractivity contribution in [3.8, 4) is 11.5 Å². The van der Waals surface area contributed by atoms with E-state index in [1.54, 1.807) is 6.07 Å². The third-order valence-electron chi connectivity index (χ3n) is 3.05. The van der Waals surface area contributed by atoms with Gasteiger partial charge in [-0.3, -0.25) is 0 Å². The summed E-state index contributed by atoms with van der Waals surface area (Å²) in [6, 6.07) is 6.38. The lowest BCUT2D eigenvalue weighted by molar-refractivity contribution is 0.251. The molecule has 1 unspecified atom stereocenters. The Labute approximate surface area is 89.1 Å². The third kappa shape index (κ3) is 1.79. The molecule has 1 saturated carbocycles. The minimum atomic E-state index is 0.321. The van der Waals surface area contributed by atoms with E-state index in [2.05, 4.69) is 5.32 Å². The summed E-state index contributed by atoms with van der Waals surface area (Å²) in [5.74, 6) is 1.24. The summed E-state index contributed by atoms with van der Waals surface area (Å²) in [5.41, 5.74) is 1.10. The van der Waals surface area contributed by atoms with Gasteiger partial charge in [-0.25, -0.2) is 0 Å². The molecule has 1 aliphatic carbocycles. The van der Waals surface area contributed by atoms with Crippen molar-refractivity contribution >= 4 is 0 Å². The molecule has 3 heteroatoms. The van der Waals surface area contributed by atoms with Crippen molar-refractivity contribution in [2.75, 3.05) is 6.61 Å². The number of rotatable bonds is 2. The van der Waals surface area contributed by atoms with Crippen LogP contribution < -0.4 is 10.1 Å². The highest BCUT2D eigenvalue weighted by Crippen LogP contribution is 2.36. The van der Waals surface area contributed by atoms with Crippen LogP contribution in [-0.2, 0) is 0 Å². The quantitative estimate of drug-likeness (QED) is 0.775.